The Bertz CT molecular complexity index is 879. The van der Waals surface area contributed by atoms with E-state index in [0.29, 0.717) is 37.8 Å². The second-order valence-corrected chi connectivity index (χ2v) is 6.48. The topological polar surface area (TPSA) is 85.3 Å². The van der Waals surface area contributed by atoms with Crippen molar-refractivity contribution in [3.63, 3.8) is 0 Å². The number of aromatic hydroxyl groups is 1. The second-order valence-electron chi connectivity index (χ2n) is 6.48. The first-order valence-corrected chi connectivity index (χ1v) is 9.11. The van der Waals surface area contributed by atoms with E-state index in [1.165, 1.54) is 12.1 Å². The van der Waals surface area contributed by atoms with Crippen LogP contribution in [-0.2, 0) is 16.1 Å². The molecule has 0 spiro atoms. The van der Waals surface area contributed by atoms with Gasteiger partial charge in [0.15, 0.2) is 18.1 Å². The fourth-order valence-corrected chi connectivity index (χ4v) is 2.89. The van der Waals surface area contributed by atoms with Crippen molar-refractivity contribution in [3.8, 4) is 17.2 Å². The van der Waals surface area contributed by atoms with Crippen LogP contribution in [0.5, 0.6) is 17.2 Å². The van der Waals surface area contributed by atoms with Crippen LogP contribution < -0.4 is 9.47 Å². The number of phenols is 1. The molecule has 1 N–H and O–H groups in total. The number of phenolic OH excluding ortho intramolecular Hbond substituents is 1. The lowest BCUT2D eigenvalue weighted by atomic mass is 10.1. The quantitative estimate of drug-likeness (QED) is 0.770. The molecular formula is C21H23NO6. The molecule has 0 radical (unpaired) electrons. The minimum Gasteiger partial charge on any atom is -0.507 e. The lowest BCUT2D eigenvalue weighted by Gasteiger charge is -2.23. The first kappa shape index (κ1) is 19.5. The van der Waals surface area contributed by atoms with Gasteiger partial charge in [0.25, 0.3) is 5.91 Å². The molecule has 28 heavy (non-hydrogen) atoms. The van der Waals surface area contributed by atoms with Crippen molar-refractivity contribution in [1.82, 2.24) is 4.90 Å². The molecule has 2 aromatic carbocycles. The normalized spacial score (nSPS) is 12.4. The molecule has 148 valence electrons. The van der Waals surface area contributed by atoms with Crippen molar-refractivity contribution in [1.29, 1.82) is 0 Å². The molecule has 7 heteroatoms. The number of ether oxygens (including phenoxy) is 3. The fourth-order valence-electron chi connectivity index (χ4n) is 2.89. The van der Waals surface area contributed by atoms with Crippen LogP contribution in [0, 0.1) is 6.92 Å². The first-order valence-electron chi connectivity index (χ1n) is 9.11. The van der Waals surface area contributed by atoms with Gasteiger partial charge in [-0.1, -0.05) is 17.7 Å². The molecule has 0 aliphatic carbocycles. The average Bonchev–Trinajstić information content (AvgIpc) is 2.71. The van der Waals surface area contributed by atoms with E-state index in [2.05, 4.69) is 0 Å². The van der Waals surface area contributed by atoms with E-state index in [1.54, 1.807) is 17.9 Å². The Kier molecular flexibility index (Phi) is 6.03. The van der Waals surface area contributed by atoms with Gasteiger partial charge in [0.05, 0.1) is 0 Å². The zero-order chi connectivity index (χ0) is 20.1. The predicted molar refractivity (Wildman–Crippen MR) is 102 cm³/mol. The number of aryl methyl sites for hydroxylation is 1. The highest BCUT2D eigenvalue weighted by molar-refractivity contribution is 5.94. The molecule has 0 atom stereocenters. The number of nitrogens with zero attached hydrogens (tertiary/aromatic N) is 1. The van der Waals surface area contributed by atoms with E-state index >= 15 is 0 Å². The zero-order valence-electron chi connectivity index (χ0n) is 15.9. The maximum Gasteiger partial charge on any atom is 0.342 e. The van der Waals surface area contributed by atoms with Crippen LogP contribution in [-0.4, -0.2) is 48.2 Å². The number of amides is 1. The number of benzene rings is 2. The van der Waals surface area contributed by atoms with Gasteiger partial charge in [-0.15, -0.1) is 0 Å². The molecular weight excluding hydrogens is 362 g/mol. The van der Waals surface area contributed by atoms with Crippen LogP contribution in [0.25, 0.3) is 0 Å². The van der Waals surface area contributed by atoms with Crippen molar-refractivity contribution in [3.05, 3.63) is 53.1 Å². The van der Waals surface area contributed by atoms with Gasteiger partial charge in [-0.25, -0.2) is 4.79 Å². The Labute approximate surface area is 163 Å². The lowest BCUT2D eigenvalue weighted by Crippen LogP contribution is -2.34. The van der Waals surface area contributed by atoms with Gasteiger partial charge in [-0.2, -0.15) is 0 Å². The highest BCUT2D eigenvalue weighted by Gasteiger charge is 2.19. The molecule has 1 aliphatic rings. The van der Waals surface area contributed by atoms with Gasteiger partial charge in [0.1, 0.15) is 24.5 Å². The Morgan fingerprint density at radius 2 is 1.86 bits per heavy atom. The van der Waals surface area contributed by atoms with Crippen LogP contribution in [0.2, 0.25) is 0 Å². The minimum absolute atomic E-state index is 0.0442. The number of esters is 1. The zero-order valence-corrected chi connectivity index (χ0v) is 15.9. The average molecular weight is 385 g/mol. The Morgan fingerprint density at radius 3 is 2.61 bits per heavy atom. The van der Waals surface area contributed by atoms with Gasteiger partial charge in [-0.3, -0.25) is 4.79 Å². The summed E-state index contributed by atoms with van der Waals surface area (Å²) in [7, 11) is 0. The van der Waals surface area contributed by atoms with Crippen LogP contribution >= 0.6 is 0 Å². The Hall–Kier alpha value is -3.22. The highest BCUT2D eigenvalue weighted by atomic mass is 16.6. The van der Waals surface area contributed by atoms with Gasteiger partial charge in [0.2, 0.25) is 0 Å². The molecule has 0 unspecified atom stereocenters. The summed E-state index contributed by atoms with van der Waals surface area (Å²) in [6, 6.07) is 10.2. The SMILES string of the molecule is CCN(Cc1ccc2c(c1)OCCO2)C(=O)COC(=O)c1cc(C)ccc1O. The van der Waals surface area contributed by atoms with Gasteiger partial charge in [-0.05, 0) is 43.7 Å². The smallest absolute Gasteiger partial charge is 0.342 e. The number of hydrogen-bond donors (Lipinski definition) is 1. The third-order valence-corrected chi connectivity index (χ3v) is 4.41. The van der Waals surface area contributed by atoms with Crippen LogP contribution in [0.1, 0.15) is 28.4 Å². The maximum absolute atomic E-state index is 12.5. The summed E-state index contributed by atoms with van der Waals surface area (Å²) in [5.74, 6) is 0.124. The molecule has 0 fully saturated rings. The molecule has 0 bridgehead atoms. The van der Waals surface area contributed by atoms with Gasteiger partial charge >= 0.3 is 5.97 Å². The van der Waals surface area contributed by atoms with E-state index in [-0.39, 0.29) is 17.2 Å². The van der Waals surface area contributed by atoms with E-state index in [4.69, 9.17) is 14.2 Å². The van der Waals surface area contributed by atoms with Crippen molar-refractivity contribution >= 4 is 11.9 Å². The van der Waals surface area contributed by atoms with Crippen LogP contribution in [0.15, 0.2) is 36.4 Å². The number of carbonyl (C=O) groups is 2. The van der Waals surface area contributed by atoms with Crippen molar-refractivity contribution < 1.29 is 28.9 Å². The van der Waals surface area contributed by atoms with E-state index in [1.807, 2.05) is 25.1 Å². The van der Waals surface area contributed by atoms with Crippen molar-refractivity contribution in [2.24, 2.45) is 0 Å². The standard InChI is InChI=1S/C21H23NO6/c1-3-22(12-15-5-7-18-19(11-15)27-9-8-26-18)20(24)13-28-21(25)16-10-14(2)4-6-17(16)23/h4-7,10-11,23H,3,8-9,12-13H2,1-2H3. The van der Waals surface area contributed by atoms with Crippen LogP contribution in [0.3, 0.4) is 0 Å². The summed E-state index contributed by atoms with van der Waals surface area (Å²) in [4.78, 5) is 26.2. The predicted octanol–water partition coefficient (Wildman–Crippen LogP) is 2.68. The van der Waals surface area contributed by atoms with Gasteiger partial charge in [0, 0.05) is 13.1 Å². The Balaban J connectivity index is 1.60. The van der Waals surface area contributed by atoms with Crippen molar-refractivity contribution in [2.45, 2.75) is 20.4 Å². The molecule has 1 aliphatic heterocycles. The summed E-state index contributed by atoms with van der Waals surface area (Å²) in [6.07, 6.45) is 0. The minimum atomic E-state index is -0.732. The highest BCUT2D eigenvalue weighted by Crippen LogP contribution is 2.31. The number of carbonyl (C=O) groups excluding carboxylic acids is 2. The van der Waals surface area contributed by atoms with Crippen molar-refractivity contribution in [2.75, 3.05) is 26.4 Å². The third kappa shape index (κ3) is 4.54. The molecule has 1 amide bonds. The second kappa shape index (κ2) is 8.65. The maximum atomic E-state index is 12.5. The summed E-state index contributed by atoms with van der Waals surface area (Å²) in [5, 5.41) is 9.80. The van der Waals surface area contributed by atoms with E-state index < -0.39 is 12.6 Å². The third-order valence-electron chi connectivity index (χ3n) is 4.41. The summed E-state index contributed by atoms with van der Waals surface area (Å²) in [6.45, 7) is 5.09. The molecule has 2 aromatic rings. The van der Waals surface area contributed by atoms with Crippen LogP contribution in [0.4, 0.5) is 0 Å². The largest absolute Gasteiger partial charge is 0.507 e. The molecule has 3 rings (SSSR count). The lowest BCUT2D eigenvalue weighted by molar-refractivity contribution is -0.134. The monoisotopic (exact) mass is 385 g/mol. The van der Waals surface area contributed by atoms with E-state index in [9.17, 15) is 14.7 Å². The molecule has 0 saturated carbocycles. The number of likely N-dealkylation sites (N-methyl/N-ethyl adjacent to an activating group) is 1. The summed E-state index contributed by atoms with van der Waals surface area (Å²) < 4.78 is 16.2. The summed E-state index contributed by atoms with van der Waals surface area (Å²) in [5.41, 5.74) is 1.75. The molecule has 0 aromatic heterocycles. The number of rotatable bonds is 6. The fraction of sp³-hybridized carbons (Fsp3) is 0.333. The van der Waals surface area contributed by atoms with E-state index in [0.717, 1.165) is 11.1 Å². The molecule has 1 heterocycles. The first-order chi connectivity index (χ1) is 13.5. The molecule has 7 nitrogen and oxygen atoms in total. The molecule has 0 saturated heterocycles. The summed E-state index contributed by atoms with van der Waals surface area (Å²) >= 11 is 0. The van der Waals surface area contributed by atoms with Gasteiger partial charge < -0.3 is 24.2 Å². The number of fused-ring (bicyclic) bond motifs is 1. The number of hydrogen-bond acceptors (Lipinski definition) is 6. The Morgan fingerprint density at radius 1 is 1.11 bits per heavy atom.